The zero-order chi connectivity index (χ0) is 18.7. The summed E-state index contributed by atoms with van der Waals surface area (Å²) >= 11 is 0. The zero-order valence-electron chi connectivity index (χ0n) is 14.9. The van der Waals surface area contributed by atoms with Crippen molar-refractivity contribution in [1.82, 2.24) is 14.9 Å². The molecule has 7 nitrogen and oxygen atoms in total. The van der Waals surface area contributed by atoms with Crippen molar-refractivity contribution in [2.75, 3.05) is 30.5 Å². The molecule has 3 rings (SSSR count). The molecule has 1 amide bonds. The van der Waals surface area contributed by atoms with Crippen LogP contribution in [-0.2, 0) is 16.4 Å². The Labute approximate surface area is 153 Å². The van der Waals surface area contributed by atoms with Gasteiger partial charge in [0.05, 0.1) is 11.5 Å². The van der Waals surface area contributed by atoms with E-state index in [9.17, 15) is 13.2 Å². The number of benzene rings is 1. The molecule has 138 valence electrons. The lowest BCUT2D eigenvalue weighted by molar-refractivity contribution is 0.0741. The highest BCUT2D eigenvalue weighted by Crippen LogP contribution is 2.19. The molecule has 1 atom stereocenters. The average Bonchev–Trinajstić information content (AvgIpc) is 3.01. The molecule has 26 heavy (non-hydrogen) atoms. The van der Waals surface area contributed by atoms with Crippen LogP contribution in [0.2, 0.25) is 0 Å². The molecule has 1 aromatic heterocycles. The summed E-state index contributed by atoms with van der Waals surface area (Å²) in [6, 6.07) is 11.2. The molecule has 0 saturated carbocycles. The molecule has 1 saturated heterocycles. The van der Waals surface area contributed by atoms with Crippen molar-refractivity contribution in [2.45, 2.75) is 19.0 Å². The number of hydrogen-bond acceptors (Lipinski definition) is 6. The number of rotatable bonds is 5. The summed E-state index contributed by atoms with van der Waals surface area (Å²) in [6.45, 7) is 0.620. The van der Waals surface area contributed by atoms with Crippen molar-refractivity contribution in [2.24, 2.45) is 0 Å². The SMILES string of the molecule is CN(Cc1ccccc1)c1nccc(C(=O)N(C)C2CCS(=O)(=O)C2)n1. The molecular weight excluding hydrogens is 352 g/mol. The maximum absolute atomic E-state index is 12.7. The van der Waals surface area contributed by atoms with Gasteiger partial charge in [-0.25, -0.2) is 18.4 Å². The summed E-state index contributed by atoms with van der Waals surface area (Å²) in [5, 5.41) is 0. The maximum atomic E-state index is 12.7. The van der Waals surface area contributed by atoms with E-state index in [4.69, 9.17) is 0 Å². The van der Waals surface area contributed by atoms with E-state index in [-0.39, 0.29) is 29.1 Å². The van der Waals surface area contributed by atoms with E-state index in [1.165, 1.54) is 4.90 Å². The Bertz CT molecular complexity index is 886. The third-order valence-corrected chi connectivity index (χ3v) is 6.29. The van der Waals surface area contributed by atoms with Crippen molar-refractivity contribution in [3.63, 3.8) is 0 Å². The minimum Gasteiger partial charge on any atom is -0.340 e. The quantitative estimate of drug-likeness (QED) is 0.786. The number of hydrogen-bond donors (Lipinski definition) is 0. The second-order valence-electron chi connectivity index (χ2n) is 6.56. The van der Waals surface area contributed by atoms with Crippen LogP contribution in [0, 0.1) is 0 Å². The molecule has 0 radical (unpaired) electrons. The predicted octanol–water partition coefficient (Wildman–Crippen LogP) is 1.37. The highest BCUT2D eigenvalue weighted by atomic mass is 32.2. The van der Waals surface area contributed by atoms with Crippen LogP contribution < -0.4 is 4.90 Å². The fourth-order valence-corrected chi connectivity index (χ4v) is 4.78. The molecule has 1 aromatic carbocycles. The van der Waals surface area contributed by atoms with Gasteiger partial charge in [0, 0.05) is 32.9 Å². The summed E-state index contributed by atoms with van der Waals surface area (Å²) in [5.74, 6) is 0.307. The first kappa shape index (κ1) is 18.3. The highest BCUT2D eigenvalue weighted by Gasteiger charge is 2.33. The molecule has 1 aliphatic rings. The van der Waals surface area contributed by atoms with Crippen LogP contribution in [-0.4, -0.2) is 60.8 Å². The normalized spacial score (nSPS) is 18.5. The Hall–Kier alpha value is -2.48. The van der Waals surface area contributed by atoms with Gasteiger partial charge >= 0.3 is 0 Å². The number of anilines is 1. The maximum Gasteiger partial charge on any atom is 0.272 e. The summed E-state index contributed by atoms with van der Waals surface area (Å²) < 4.78 is 23.3. The van der Waals surface area contributed by atoms with Gasteiger partial charge in [0.1, 0.15) is 5.69 Å². The largest absolute Gasteiger partial charge is 0.340 e. The summed E-state index contributed by atoms with van der Waals surface area (Å²) in [6.07, 6.45) is 2.02. The van der Waals surface area contributed by atoms with Crippen molar-refractivity contribution in [1.29, 1.82) is 0 Å². The van der Waals surface area contributed by atoms with Gasteiger partial charge < -0.3 is 9.80 Å². The minimum atomic E-state index is -3.05. The zero-order valence-corrected chi connectivity index (χ0v) is 15.7. The second kappa shape index (κ2) is 7.41. The summed E-state index contributed by atoms with van der Waals surface area (Å²) in [4.78, 5) is 24.7. The fourth-order valence-electron chi connectivity index (χ4n) is 3.01. The third kappa shape index (κ3) is 4.19. The Morgan fingerprint density at radius 3 is 2.58 bits per heavy atom. The molecule has 2 heterocycles. The van der Waals surface area contributed by atoms with E-state index in [1.807, 2.05) is 42.3 Å². The molecule has 1 unspecified atom stereocenters. The van der Waals surface area contributed by atoms with Crippen LogP contribution in [0.3, 0.4) is 0 Å². The van der Waals surface area contributed by atoms with E-state index >= 15 is 0 Å². The number of amides is 1. The fraction of sp³-hybridized carbons (Fsp3) is 0.389. The average molecular weight is 374 g/mol. The minimum absolute atomic E-state index is 0.0150. The number of carbonyl (C=O) groups is 1. The Morgan fingerprint density at radius 2 is 1.92 bits per heavy atom. The number of nitrogens with zero attached hydrogens (tertiary/aromatic N) is 4. The smallest absolute Gasteiger partial charge is 0.272 e. The molecule has 2 aromatic rings. The molecular formula is C18H22N4O3S. The monoisotopic (exact) mass is 374 g/mol. The van der Waals surface area contributed by atoms with Crippen molar-refractivity contribution < 1.29 is 13.2 Å². The van der Waals surface area contributed by atoms with Crippen molar-refractivity contribution >= 4 is 21.7 Å². The van der Waals surface area contributed by atoms with Gasteiger partial charge in [0.15, 0.2) is 9.84 Å². The molecule has 1 fully saturated rings. The Morgan fingerprint density at radius 1 is 1.19 bits per heavy atom. The van der Waals surface area contributed by atoms with Crippen molar-refractivity contribution in [3.05, 3.63) is 53.9 Å². The lowest BCUT2D eigenvalue weighted by atomic mass is 10.2. The van der Waals surface area contributed by atoms with Crippen LogP contribution in [0.5, 0.6) is 0 Å². The van der Waals surface area contributed by atoms with Gasteiger partial charge in [-0.3, -0.25) is 4.79 Å². The van der Waals surface area contributed by atoms with Crippen LogP contribution in [0.15, 0.2) is 42.6 Å². The van der Waals surface area contributed by atoms with E-state index in [1.54, 1.807) is 19.3 Å². The van der Waals surface area contributed by atoms with Gasteiger partial charge in [-0.15, -0.1) is 0 Å². The first-order valence-corrected chi connectivity index (χ1v) is 10.2. The van der Waals surface area contributed by atoms with Gasteiger partial charge in [-0.2, -0.15) is 0 Å². The van der Waals surface area contributed by atoms with Crippen molar-refractivity contribution in [3.8, 4) is 0 Å². The standard InChI is InChI=1S/C18H22N4O3S/c1-21(12-14-6-4-3-5-7-14)18-19-10-8-16(20-18)17(23)22(2)15-9-11-26(24,25)13-15/h3-8,10,15H,9,11-13H2,1-2H3. The van der Waals surface area contributed by atoms with Gasteiger partial charge in [-0.05, 0) is 18.1 Å². The lowest BCUT2D eigenvalue weighted by Crippen LogP contribution is -2.38. The second-order valence-corrected chi connectivity index (χ2v) is 8.79. The topological polar surface area (TPSA) is 83.5 Å². The lowest BCUT2D eigenvalue weighted by Gasteiger charge is -2.23. The first-order chi connectivity index (χ1) is 12.4. The van der Waals surface area contributed by atoms with Crippen LogP contribution in [0.1, 0.15) is 22.5 Å². The summed E-state index contributed by atoms with van der Waals surface area (Å²) in [7, 11) is 0.446. The van der Waals surface area contributed by atoms with Gasteiger partial charge in [0.25, 0.3) is 5.91 Å². The van der Waals surface area contributed by atoms with E-state index < -0.39 is 9.84 Å². The Kier molecular flexibility index (Phi) is 5.22. The van der Waals surface area contributed by atoms with Crippen LogP contribution >= 0.6 is 0 Å². The molecule has 0 spiro atoms. The van der Waals surface area contributed by atoms with Crippen LogP contribution in [0.4, 0.5) is 5.95 Å². The molecule has 0 bridgehead atoms. The Balaban J connectivity index is 1.73. The highest BCUT2D eigenvalue weighted by molar-refractivity contribution is 7.91. The van der Waals surface area contributed by atoms with E-state index in [0.717, 1.165) is 5.56 Å². The third-order valence-electron chi connectivity index (χ3n) is 4.54. The molecule has 8 heteroatoms. The van der Waals surface area contributed by atoms with Crippen LogP contribution in [0.25, 0.3) is 0 Å². The molecule has 1 aliphatic heterocycles. The van der Waals surface area contributed by atoms with Gasteiger partial charge in [-0.1, -0.05) is 30.3 Å². The molecule has 0 N–H and O–H groups in total. The number of sulfone groups is 1. The summed E-state index contributed by atoms with van der Waals surface area (Å²) in [5.41, 5.74) is 1.38. The van der Waals surface area contributed by atoms with E-state index in [0.29, 0.717) is 18.9 Å². The van der Waals surface area contributed by atoms with E-state index in [2.05, 4.69) is 9.97 Å². The predicted molar refractivity (Wildman–Crippen MR) is 99.7 cm³/mol. The first-order valence-electron chi connectivity index (χ1n) is 8.41. The van der Waals surface area contributed by atoms with Gasteiger partial charge in [0.2, 0.25) is 5.95 Å². The molecule has 0 aliphatic carbocycles. The number of carbonyl (C=O) groups excluding carboxylic acids is 1. The number of aromatic nitrogens is 2.